The van der Waals surface area contributed by atoms with Gasteiger partial charge in [-0.3, -0.25) is 4.79 Å². The molecule has 1 amide bonds. The topological polar surface area (TPSA) is 61.6 Å². The van der Waals surface area contributed by atoms with E-state index in [0.29, 0.717) is 5.75 Å². The number of carbonyl (C=O) groups is 1. The van der Waals surface area contributed by atoms with E-state index in [4.69, 9.17) is 10.5 Å². The van der Waals surface area contributed by atoms with Crippen LogP contribution in [0.1, 0.15) is 15.9 Å². The summed E-state index contributed by atoms with van der Waals surface area (Å²) in [7, 11) is 0. The van der Waals surface area contributed by atoms with Crippen molar-refractivity contribution in [2.75, 3.05) is 0 Å². The highest BCUT2D eigenvalue weighted by molar-refractivity contribution is 5.93. The molecule has 0 spiro atoms. The lowest BCUT2D eigenvalue weighted by molar-refractivity contribution is -0.275. The summed E-state index contributed by atoms with van der Waals surface area (Å²) >= 11 is 0. The van der Waals surface area contributed by atoms with E-state index in [2.05, 4.69) is 4.74 Å². The van der Waals surface area contributed by atoms with Crippen molar-refractivity contribution in [2.45, 2.75) is 13.0 Å². The second kappa shape index (κ2) is 6.38. The third kappa shape index (κ3) is 4.41. The van der Waals surface area contributed by atoms with Gasteiger partial charge in [0.2, 0.25) is 5.91 Å². The summed E-state index contributed by atoms with van der Waals surface area (Å²) in [5.74, 6) is -0.634. The van der Waals surface area contributed by atoms with E-state index < -0.39 is 12.3 Å². The Labute approximate surface area is 124 Å². The van der Waals surface area contributed by atoms with Gasteiger partial charge in [0, 0.05) is 11.1 Å². The van der Waals surface area contributed by atoms with Gasteiger partial charge in [-0.15, -0.1) is 13.2 Å². The average molecular weight is 311 g/mol. The van der Waals surface area contributed by atoms with Crippen LogP contribution in [0.2, 0.25) is 0 Å². The van der Waals surface area contributed by atoms with Gasteiger partial charge in [-0.1, -0.05) is 24.3 Å². The zero-order chi connectivity index (χ0) is 16.2. The highest BCUT2D eigenvalue weighted by atomic mass is 19.4. The van der Waals surface area contributed by atoms with Crippen LogP contribution >= 0.6 is 0 Å². The minimum absolute atomic E-state index is 0.144. The molecule has 4 nitrogen and oxygen atoms in total. The summed E-state index contributed by atoms with van der Waals surface area (Å²) in [4.78, 5) is 11.1. The van der Waals surface area contributed by atoms with E-state index >= 15 is 0 Å². The molecule has 7 heteroatoms. The van der Waals surface area contributed by atoms with Crippen LogP contribution in [0.3, 0.4) is 0 Å². The number of halogens is 3. The van der Waals surface area contributed by atoms with Crippen LogP contribution in [0.5, 0.6) is 11.5 Å². The van der Waals surface area contributed by atoms with E-state index in [-0.39, 0.29) is 23.5 Å². The van der Waals surface area contributed by atoms with Crippen molar-refractivity contribution in [3.05, 3.63) is 59.7 Å². The Morgan fingerprint density at radius 1 is 1.09 bits per heavy atom. The highest BCUT2D eigenvalue weighted by Crippen LogP contribution is 2.27. The van der Waals surface area contributed by atoms with Crippen molar-refractivity contribution in [1.82, 2.24) is 0 Å². The first-order valence-electron chi connectivity index (χ1n) is 6.21. The summed E-state index contributed by atoms with van der Waals surface area (Å²) < 4.78 is 46.2. The van der Waals surface area contributed by atoms with Gasteiger partial charge in [0.15, 0.2) is 0 Å². The first kappa shape index (κ1) is 15.7. The van der Waals surface area contributed by atoms with E-state index in [1.807, 2.05) is 0 Å². The molecule has 0 fully saturated rings. The number of para-hydroxylation sites is 1. The van der Waals surface area contributed by atoms with Gasteiger partial charge in [0.05, 0.1) is 0 Å². The molecule has 0 radical (unpaired) electrons. The monoisotopic (exact) mass is 311 g/mol. The molecule has 0 aliphatic carbocycles. The molecule has 0 bridgehead atoms. The van der Waals surface area contributed by atoms with Crippen molar-refractivity contribution in [1.29, 1.82) is 0 Å². The summed E-state index contributed by atoms with van der Waals surface area (Å²) in [6, 6.07) is 11.7. The van der Waals surface area contributed by atoms with Crippen LogP contribution in [0.25, 0.3) is 0 Å². The molecule has 22 heavy (non-hydrogen) atoms. The van der Waals surface area contributed by atoms with Gasteiger partial charge in [0.25, 0.3) is 0 Å². The third-order valence-electron chi connectivity index (χ3n) is 2.71. The van der Waals surface area contributed by atoms with Crippen LogP contribution in [0.4, 0.5) is 13.2 Å². The molecule has 0 heterocycles. The van der Waals surface area contributed by atoms with Gasteiger partial charge in [0.1, 0.15) is 18.1 Å². The molecule has 0 aliphatic heterocycles. The predicted molar refractivity (Wildman–Crippen MR) is 72.4 cm³/mol. The summed E-state index contributed by atoms with van der Waals surface area (Å²) in [6.45, 7) is -0.144. The molecular formula is C15H12F3NO3. The van der Waals surface area contributed by atoms with Gasteiger partial charge >= 0.3 is 6.36 Å². The molecule has 0 aliphatic rings. The van der Waals surface area contributed by atoms with Crippen LogP contribution in [-0.2, 0) is 6.61 Å². The van der Waals surface area contributed by atoms with E-state index in [1.165, 1.54) is 30.3 Å². The molecule has 0 atom stereocenters. The van der Waals surface area contributed by atoms with E-state index in [1.54, 1.807) is 18.2 Å². The van der Waals surface area contributed by atoms with Crippen molar-refractivity contribution < 1.29 is 27.4 Å². The fourth-order valence-electron chi connectivity index (χ4n) is 1.75. The Bertz CT molecular complexity index is 671. The Balaban J connectivity index is 2.12. The normalized spacial score (nSPS) is 11.0. The lowest BCUT2D eigenvalue weighted by atomic mass is 10.2. The fraction of sp³-hybridized carbons (Fsp3) is 0.133. The van der Waals surface area contributed by atoms with Crippen molar-refractivity contribution in [2.24, 2.45) is 5.73 Å². The van der Waals surface area contributed by atoms with Crippen molar-refractivity contribution >= 4 is 5.91 Å². The molecule has 2 aromatic carbocycles. The molecule has 0 saturated carbocycles. The molecule has 2 N–H and O–H groups in total. The number of primary amides is 1. The maximum absolute atomic E-state index is 12.3. The Kier molecular flexibility index (Phi) is 4.55. The van der Waals surface area contributed by atoms with Gasteiger partial charge < -0.3 is 15.2 Å². The first-order chi connectivity index (χ1) is 10.3. The summed E-state index contributed by atoms with van der Waals surface area (Å²) in [5.41, 5.74) is 5.62. The zero-order valence-electron chi connectivity index (χ0n) is 11.3. The van der Waals surface area contributed by atoms with E-state index in [9.17, 15) is 18.0 Å². The SMILES string of the molecule is NC(=O)c1cccc(OCc2ccccc2OC(F)(F)F)c1. The quantitative estimate of drug-likeness (QED) is 0.922. The fourth-order valence-corrected chi connectivity index (χ4v) is 1.75. The lowest BCUT2D eigenvalue weighted by Crippen LogP contribution is -2.18. The van der Waals surface area contributed by atoms with Crippen LogP contribution in [-0.4, -0.2) is 12.3 Å². The Morgan fingerprint density at radius 3 is 2.50 bits per heavy atom. The van der Waals surface area contributed by atoms with Crippen LogP contribution in [0.15, 0.2) is 48.5 Å². The predicted octanol–water partition coefficient (Wildman–Crippen LogP) is 3.26. The number of hydrogen-bond acceptors (Lipinski definition) is 3. The standard InChI is InChI=1S/C15H12F3NO3/c16-15(17,18)22-13-7-2-1-4-11(13)9-21-12-6-3-5-10(8-12)14(19)20/h1-8H,9H2,(H2,19,20). The molecule has 116 valence electrons. The second-order valence-electron chi connectivity index (χ2n) is 4.34. The summed E-state index contributed by atoms with van der Waals surface area (Å²) in [5, 5.41) is 0. The van der Waals surface area contributed by atoms with Crippen LogP contribution < -0.4 is 15.2 Å². The molecule has 2 rings (SSSR count). The average Bonchev–Trinajstić information content (AvgIpc) is 2.45. The third-order valence-corrected chi connectivity index (χ3v) is 2.71. The summed E-state index contributed by atoms with van der Waals surface area (Å²) in [6.07, 6.45) is -4.78. The number of nitrogens with two attached hydrogens (primary N) is 1. The number of amides is 1. The van der Waals surface area contributed by atoms with Crippen molar-refractivity contribution in [3.8, 4) is 11.5 Å². The number of ether oxygens (including phenoxy) is 2. The molecule has 0 unspecified atom stereocenters. The first-order valence-corrected chi connectivity index (χ1v) is 6.21. The Morgan fingerprint density at radius 2 is 1.82 bits per heavy atom. The van der Waals surface area contributed by atoms with Crippen LogP contribution in [0, 0.1) is 0 Å². The maximum Gasteiger partial charge on any atom is 0.573 e. The van der Waals surface area contributed by atoms with Gasteiger partial charge in [-0.2, -0.15) is 0 Å². The molecule has 2 aromatic rings. The second-order valence-corrected chi connectivity index (χ2v) is 4.34. The number of alkyl halides is 3. The minimum Gasteiger partial charge on any atom is -0.489 e. The molecular weight excluding hydrogens is 299 g/mol. The lowest BCUT2D eigenvalue weighted by Gasteiger charge is -2.14. The molecule has 0 saturated heterocycles. The van der Waals surface area contributed by atoms with Gasteiger partial charge in [-0.05, 0) is 24.3 Å². The van der Waals surface area contributed by atoms with E-state index in [0.717, 1.165) is 0 Å². The van der Waals surface area contributed by atoms with Crippen molar-refractivity contribution in [3.63, 3.8) is 0 Å². The number of carbonyl (C=O) groups excluding carboxylic acids is 1. The largest absolute Gasteiger partial charge is 0.573 e. The highest BCUT2D eigenvalue weighted by Gasteiger charge is 2.32. The Hall–Kier alpha value is -2.70. The zero-order valence-corrected chi connectivity index (χ0v) is 11.3. The molecule has 0 aromatic heterocycles. The number of rotatable bonds is 5. The number of benzene rings is 2. The smallest absolute Gasteiger partial charge is 0.489 e. The number of hydrogen-bond donors (Lipinski definition) is 1. The maximum atomic E-state index is 12.3. The van der Waals surface area contributed by atoms with Gasteiger partial charge in [-0.25, -0.2) is 0 Å². The minimum atomic E-state index is -4.78.